The van der Waals surface area contributed by atoms with Gasteiger partial charge in [0.1, 0.15) is 23.1 Å². The summed E-state index contributed by atoms with van der Waals surface area (Å²) in [5.41, 5.74) is 3.43. The van der Waals surface area contributed by atoms with Crippen molar-refractivity contribution in [2.45, 2.75) is 45.8 Å². The first-order valence-electron chi connectivity index (χ1n) is 11.9. The van der Waals surface area contributed by atoms with Gasteiger partial charge in [0.15, 0.2) is 5.82 Å². The van der Waals surface area contributed by atoms with Gasteiger partial charge in [-0.25, -0.2) is 24.1 Å². The van der Waals surface area contributed by atoms with Crippen molar-refractivity contribution in [1.29, 1.82) is 0 Å². The summed E-state index contributed by atoms with van der Waals surface area (Å²) in [4.78, 5) is 35.6. The van der Waals surface area contributed by atoms with Crippen molar-refractivity contribution in [2.24, 2.45) is 0 Å². The van der Waals surface area contributed by atoms with Crippen LogP contribution in [0.2, 0.25) is 0 Å². The minimum Gasteiger partial charge on any atom is -0.444 e. The maximum atomic E-state index is 13.9. The number of nitrogens with one attached hydrogen (secondary N) is 2. The van der Waals surface area contributed by atoms with Gasteiger partial charge in [0.25, 0.3) is 0 Å². The molecule has 0 bridgehead atoms. The Morgan fingerprint density at radius 1 is 1.19 bits per heavy atom. The number of nitrogens with zero attached hydrogens (tertiary/aromatic N) is 5. The standard InChI is InChI=1S/C26H28FN7O2/c1-26(2,3)36-25(35)34-11-9-18-21(15-34)32-23(16-12-17(27)14-28-13-16)33-24(18)29-10-8-22-30-19-6-4-5-7-20(19)31-22/h4-7,12-14H,8-11,15H2,1-3H3,(H,30,31)(H,29,32,33). The van der Waals surface area contributed by atoms with Crippen LogP contribution in [-0.2, 0) is 24.1 Å². The number of H-pyrrole nitrogens is 1. The fourth-order valence-corrected chi connectivity index (χ4v) is 4.15. The summed E-state index contributed by atoms with van der Waals surface area (Å²) in [6.45, 7) is 6.86. The largest absolute Gasteiger partial charge is 0.444 e. The number of aromatic nitrogens is 5. The van der Waals surface area contributed by atoms with Crippen LogP contribution in [0, 0.1) is 5.82 Å². The molecular weight excluding hydrogens is 461 g/mol. The number of pyridine rings is 1. The Labute approximate surface area is 208 Å². The number of amides is 1. The van der Waals surface area contributed by atoms with Crippen LogP contribution in [0.4, 0.5) is 15.0 Å². The predicted octanol–water partition coefficient (Wildman–Crippen LogP) is 4.50. The van der Waals surface area contributed by atoms with Crippen molar-refractivity contribution in [3.63, 3.8) is 0 Å². The van der Waals surface area contributed by atoms with Crippen LogP contribution in [0.25, 0.3) is 22.4 Å². The van der Waals surface area contributed by atoms with Gasteiger partial charge in [-0.05, 0) is 45.4 Å². The van der Waals surface area contributed by atoms with Crippen molar-refractivity contribution >= 4 is 22.9 Å². The normalized spacial score (nSPS) is 13.5. The summed E-state index contributed by atoms with van der Waals surface area (Å²) in [6, 6.07) is 9.25. The molecule has 5 rings (SSSR count). The number of para-hydroxylation sites is 2. The monoisotopic (exact) mass is 489 g/mol. The van der Waals surface area contributed by atoms with Crippen molar-refractivity contribution in [2.75, 3.05) is 18.4 Å². The van der Waals surface area contributed by atoms with Crippen molar-refractivity contribution in [1.82, 2.24) is 29.8 Å². The first kappa shape index (κ1) is 23.7. The van der Waals surface area contributed by atoms with Gasteiger partial charge in [-0.1, -0.05) is 12.1 Å². The summed E-state index contributed by atoms with van der Waals surface area (Å²) in [7, 11) is 0. The zero-order valence-electron chi connectivity index (χ0n) is 20.5. The number of carbonyl (C=O) groups is 1. The van der Waals surface area contributed by atoms with Crippen LogP contribution in [-0.4, -0.2) is 54.6 Å². The molecule has 0 spiro atoms. The summed E-state index contributed by atoms with van der Waals surface area (Å²) in [5.74, 6) is 1.41. The molecule has 186 valence electrons. The fourth-order valence-electron chi connectivity index (χ4n) is 4.15. The van der Waals surface area contributed by atoms with Crippen LogP contribution in [0.1, 0.15) is 37.9 Å². The lowest BCUT2D eigenvalue weighted by Gasteiger charge is -2.31. The number of carbonyl (C=O) groups excluding carboxylic acids is 1. The molecule has 9 nitrogen and oxygen atoms in total. The number of hydrogen-bond acceptors (Lipinski definition) is 7. The smallest absolute Gasteiger partial charge is 0.410 e. The van der Waals surface area contributed by atoms with Gasteiger partial charge in [-0.2, -0.15) is 0 Å². The van der Waals surface area contributed by atoms with E-state index in [0.29, 0.717) is 48.8 Å². The van der Waals surface area contributed by atoms with Gasteiger partial charge < -0.3 is 19.9 Å². The Balaban J connectivity index is 1.40. The Morgan fingerprint density at radius 3 is 2.81 bits per heavy atom. The summed E-state index contributed by atoms with van der Waals surface area (Å²) in [5, 5.41) is 3.41. The molecule has 10 heteroatoms. The SMILES string of the molecule is CC(C)(C)OC(=O)N1CCc2c(nc(-c3cncc(F)c3)nc2NCCc2nc3ccccc3[nH]2)C1. The second-order valence-corrected chi connectivity index (χ2v) is 9.74. The van der Waals surface area contributed by atoms with E-state index in [-0.39, 0.29) is 12.6 Å². The van der Waals surface area contributed by atoms with Crippen molar-refractivity contribution in [3.05, 3.63) is 65.6 Å². The van der Waals surface area contributed by atoms with E-state index < -0.39 is 11.4 Å². The second-order valence-electron chi connectivity index (χ2n) is 9.74. The summed E-state index contributed by atoms with van der Waals surface area (Å²) in [6.07, 6.45) is 3.51. The summed E-state index contributed by atoms with van der Waals surface area (Å²) < 4.78 is 19.4. The predicted molar refractivity (Wildman–Crippen MR) is 134 cm³/mol. The van der Waals surface area contributed by atoms with Gasteiger partial charge >= 0.3 is 6.09 Å². The zero-order valence-corrected chi connectivity index (χ0v) is 20.5. The van der Waals surface area contributed by atoms with Crippen LogP contribution in [0.15, 0.2) is 42.7 Å². The molecule has 1 amide bonds. The minimum atomic E-state index is -0.592. The molecule has 0 saturated carbocycles. The van der Waals surface area contributed by atoms with E-state index in [9.17, 15) is 9.18 Å². The van der Waals surface area contributed by atoms with Crippen molar-refractivity contribution < 1.29 is 13.9 Å². The van der Waals surface area contributed by atoms with Crippen LogP contribution < -0.4 is 5.32 Å². The average Bonchev–Trinajstić information content (AvgIpc) is 3.25. The molecule has 1 aliphatic rings. The molecule has 1 aromatic carbocycles. The van der Waals surface area contributed by atoms with E-state index >= 15 is 0 Å². The van der Waals surface area contributed by atoms with E-state index in [1.165, 1.54) is 12.3 Å². The molecule has 3 aromatic heterocycles. The number of rotatable bonds is 5. The summed E-state index contributed by atoms with van der Waals surface area (Å²) >= 11 is 0. The maximum Gasteiger partial charge on any atom is 0.410 e. The Bertz CT molecular complexity index is 1380. The maximum absolute atomic E-state index is 13.9. The third kappa shape index (κ3) is 5.27. The highest BCUT2D eigenvalue weighted by Crippen LogP contribution is 2.28. The molecule has 1 aliphatic heterocycles. The fraction of sp³-hybridized carbons (Fsp3) is 0.346. The third-order valence-electron chi connectivity index (χ3n) is 5.77. The van der Waals surface area contributed by atoms with Gasteiger partial charge in [-0.15, -0.1) is 0 Å². The molecule has 0 radical (unpaired) electrons. The molecule has 0 unspecified atom stereocenters. The first-order chi connectivity index (χ1) is 17.2. The van der Waals surface area contributed by atoms with E-state index in [0.717, 1.165) is 28.6 Å². The highest BCUT2D eigenvalue weighted by Gasteiger charge is 2.29. The Morgan fingerprint density at radius 2 is 2.03 bits per heavy atom. The molecule has 36 heavy (non-hydrogen) atoms. The molecule has 0 aliphatic carbocycles. The van der Waals surface area contributed by atoms with Crippen molar-refractivity contribution in [3.8, 4) is 11.4 Å². The topological polar surface area (TPSA) is 109 Å². The number of aromatic amines is 1. The first-order valence-corrected chi connectivity index (χ1v) is 11.9. The molecule has 0 saturated heterocycles. The molecular formula is C26H28FN7O2. The molecule has 0 fully saturated rings. The lowest BCUT2D eigenvalue weighted by molar-refractivity contribution is 0.0221. The van der Waals surface area contributed by atoms with Gasteiger partial charge in [0, 0.05) is 36.8 Å². The van der Waals surface area contributed by atoms with Gasteiger partial charge in [-0.3, -0.25) is 4.98 Å². The van der Waals surface area contributed by atoms with Crippen LogP contribution in [0.3, 0.4) is 0 Å². The lowest BCUT2D eigenvalue weighted by atomic mass is 10.0. The van der Waals surface area contributed by atoms with E-state index in [1.54, 1.807) is 4.90 Å². The van der Waals surface area contributed by atoms with Crippen LogP contribution >= 0.6 is 0 Å². The Kier molecular flexibility index (Phi) is 6.26. The number of hydrogen-bond donors (Lipinski definition) is 2. The number of anilines is 1. The highest BCUT2D eigenvalue weighted by molar-refractivity contribution is 5.74. The van der Waals surface area contributed by atoms with E-state index in [1.807, 2.05) is 45.0 Å². The van der Waals surface area contributed by atoms with Gasteiger partial charge in [0.2, 0.25) is 0 Å². The molecule has 0 atom stereocenters. The number of ether oxygens (including phenoxy) is 1. The lowest BCUT2D eigenvalue weighted by Crippen LogP contribution is -2.40. The molecule has 2 N–H and O–H groups in total. The molecule has 4 heterocycles. The number of fused-ring (bicyclic) bond motifs is 2. The number of imidazole rings is 1. The van der Waals surface area contributed by atoms with E-state index in [2.05, 4.69) is 25.3 Å². The third-order valence-corrected chi connectivity index (χ3v) is 5.77. The minimum absolute atomic E-state index is 0.279. The molecule has 4 aromatic rings. The van der Waals surface area contributed by atoms with Gasteiger partial charge in [0.05, 0.1) is 29.5 Å². The number of halogens is 1. The van der Waals surface area contributed by atoms with Crippen LogP contribution in [0.5, 0.6) is 0 Å². The van der Waals surface area contributed by atoms with E-state index in [4.69, 9.17) is 9.72 Å². The number of benzene rings is 1. The second kappa shape index (κ2) is 9.52. The quantitative estimate of drug-likeness (QED) is 0.425. The zero-order chi connectivity index (χ0) is 25.3. The Hall–Kier alpha value is -4.08. The average molecular weight is 490 g/mol. The highest BCUT2D eigenvalue weighted by atomic mass is 19.1.